The Morgan fingerprint density at radius 3 is 2.91 bits per heavy atom. The van der Waals surface area contributed by atoms with Crippen LogP contribution in [-0.2, 0) is 6.54 Å². The summed E-state index contributed by atoms with van der Waals surface area (Å²) in [6.45, 7) is 1.92. The molecule has 1 aromatic heterocycles. The summed E-state index contributed by atoms with van der Waals surface area (Å²) in [7, 11) is 0. The fourth-order valence-corrected chi connectivity index (χ4v) is 4.33. The van der Waals surface area contributed by atoms with Crippen molar-refractivity contribution in [2.45, 2.75) is 51.1 Å². The van der Waals surface area contributed by atoms with Gasteiger partial charge in [0, 0.05) is 6.04 Å². The maximum Gasteiger partial charge on any atom is 0.258 e. The van der Waals surface area contributed by atoms with E-state index in [1.165, 1.54) is 38.5 Å². The molecule has 0 amide bonds. The average Bonchev–Trinajstić information content (AvgIpc) is 2.55. The van der Waals surface area contributed by atoms with Gasteiger partial charge in [-0.1, -0.05) is 25.0 Å². The third-order valence-electron chi connectivity index (χ3n) is 5.37. The van der Waals surface area contributed by atoms with Crippen LogP contribution < -0.4 is 5.56 Å². The molecule has 1 saturated carbocycles. The summed E-state index contributed by atoms with van der Waals surface area (Å²) in [6, 6.07) is 8.28. The first-order chi connectivity index (χ1) is 10.8. The minimum Gasteiger partial charge on any atom is -0.309 e. The third kappa shape index (κ3) is 2.56. The molecular formula is C18H23N3O. The summed E-state index contributed by atoms with van der Waals surface area (Å²) >= 11 is 0. The third-order valence-corrected chi connectivity index (χ3v) is 5.37. The van der Waals surface area contributed by atoms with E-state index in [4.69, 9.17) is 0 Å². The van der Waals surface area contributed by atoms with Crippen molar-refractivity contribution < 1.29 is 0 Å². The van der Waals surface area contributed by atoms with Gasteiger partial charge in [0.05, 0.1) is 17.4 Å². The number of para-hydroxylation sites is 1. The Balaban J connectivity index is 1.61. The van der Waals surface area contributed by atoms with Gasteiger partial charge in [0.25, 0.3) is 5.56 Å². The number of rotatable bonds is 2. The summed E-state index contributed by atoms with van der Waals surface area (Å²) in [5.41, 5.74) is 0.788. The average molecular weight is 297 g/mol. The van der Waals surface area contributed by atoms with Crippen molar-refractivity contribution in [3.8, 4) is 0 Å². The molecule has 4 rings (SSSR count). The van der Waals surface area contributed by atoms with Crippen molar-refractivity contribution in [1.29, 1.82) is 0 Å². The van der Waals surface area contributed by atoms with Crippen LogP contribution in [0.2, 0.25) is 0 Å². The first kappa shape index (κ1) is 13.9. The fraction of sp³-hybridized carbons (Fsp3) is 0.556. The topological polar surface area (TPSA) is 49.0 Å². The molecule has 2 aliphatic rings. The molecule has 2 heterocycles. The Bertz CT molecular complexity index is 722. The minimum atomic E-state index is -0.0159. The van der Waals surface area contributed by atoms with E-state index >= 15 is 0 Å². The molecular weight excluding hydrogens is 274 g/mol. The standard InChI is InChI=1S/C18H23N3O/c22-18-14-8-2-3-9-15(14)19-17(20-18)12-21-11-5-7-13-6-1-4-10-16(13)21/h2-3,8-9,13,16H,1,4-7,10-12H2,(H,19,20,22)/t13-,16+/m1/s1. The van der Waals surface area contributed by atoms with E-state index < -0.39 is 0 Å². The highest BCUT2D eigenvalue weighted by molar-refractivity contribution is 5.77. The molecule has 1 saturated heterocycles. The largest absolute Gasteiger partial charge is 0.309 e. The Hall–Kier alpha value is -1.68. The number of hydrogen-bond acceptors (Lipinski definition) is 3. The lowest BCUT2D eigenvalue weighted by molar-refractivity contribution is 0.0527. The molecule has 22 heavy (non-hydrogen) atoms. The van der Waals surface area contributed by atoms with Crippen LogP contribution in [0.4, 0.5) is 0 Å². The van der Waals surface area contributed by atoms with Gasteiger partial charge >= 0.3 is 0 Å². The summed E-state index contributed by atoms with van der Waals surface area (Å²) in [5, 5.41) is 0.681. The van der Waals surface area contributed by atoms with Crippen LogP contribution in [0.25, 0.3) is 10.9 Å². The van der Waals surface area contributed by atoms with Crippen LogP contribution in [0.1, 0.15) is 44.3 Å². The molecule has 0 bridgehead atoms. The van der Waals surface area contributed by atoms with Crippen LogP contribution in [-0.4, -0.2) is 27.5 Å². The van der Waals surface area contributed by atoms with E-state index in [0.717, 1.165) is 30.3 Å². The summed E-state index contributed by atoms with van der Waals surface area (Å²) in [5.74, 6) is 1.67. The molecule has 1 N–H and O–H groups in total. The maximum atomic E-state index is 12.2. The number of nitrogens with one attached hydrogen (secondary N) is 1. The highest BCUT2D eigenvalue weighted by Gasteiger charge is 2.33. The number of benzene rings is 1. The van der Waals surface area contributed by atoms with Crippen molar-refractivity contribution in [3.63, 3.8) is 0 Å². The normalized spacial score (nSPS) is 26.0. The van der Waals surface area contributed by atoms with Crippen molar-refractivity contribution in [2.24, 2.45) is 5.92 Å². The Morgan fingerprint density at radius 2 is 1.95 bits per heavy atom. The van der Waals surface area contributed by atoms with Crippen LogP contribution in [0.5, 0.6) is 0 Å². The SMILES string of the molecule is O=c1[nH]c(CN2CCC[C@H]3CCCC[C@@H]32)nc2ccccc12. The Kier molecular flexibility index (Phi) is 3.70. The van der Waals surface area contributed by atoms with Gasteiger partial charge in [-0.2, -0.15) is 0 Å². The molecule has 1 aliphatic heterocycles. The van der Waals surface area contributed by atoms with E-state index in [-0.39, 0.29) is 5.56 Å². The van der Waals surface area contributed by atoms with Gasteiger partial charge in [-0.25, -0.2) is 4.98 Å². The second kappa shape index (κ2) is 5.84. The molecule has 0 spiro atoms. The second-order valence-corrected chi connectivity index (χ2v) is 6.75. The highest BCUT2D eigenvalue weighted by Crippen LogP contribution is 2.35. The number of aromatic amines is 1. The van der Waals surface area contributed by atoms with Gasteiger partial charge in [0.1, 0.15) is 5.82 Å². The molecule has 0 unspecified atom stereocenters. The van der Waals surface area contributed by atoms with Crippen LogP contribution >= 0.6 is 0 Å². The van der Waals surface area contributed by atoms with Crippen molar-refractivity contribution in [1.82, 2.24) is 14.9 Å². The van der Waals surface area contributed by atoms with Crippen LogP contribution in [0, 0.1) is 5.92 Å². The number of nitrogens with zero attached hydrogens (tertiary/aromatic N) is 2. The lowest BCUT2D eigenvalue weighted by atomic mass is 9.78. The lowest BCUT2D eigenvalue weighted by Gasteiger charge is -2.43. The van der Waals surface area contributed by atoms with E-state index in [0.29, 0.717) is 11.4 Å². The summed E-state index contributed by atoms with van der Waals surface area (Å²) in [4.78, 5) is 22.4. The fourth-order valence-electron chi connectivity index (χ4n) is 4.33. The molecule has 4 nitrogen and oxygen atoms in total. The molecule has 0 radical (unpaired) electrons. The second-order valence-electron chi connectivity index (χ2n) is 6.75. The van der Waals surface area contributed by atoms with Crippen molar-refractivity contribution in [3.05, 3.63) is 40.4 Å². The Labute approximate surface area is 130 Å². The number of likely N-dealkylation sites (tertiary alicyclic amines) is 1. The molecule has 4 heteroatoms. The van der Waals surface area contributed by atoms with Gasteiger partial charge in [-0.3, -0.25) is 9.69 Å². The van der Waals surface area contributed by atoms with Crippen LogP contribution in [0.3, 0.4) is 0 Å². The van der Waals surface area contributed by atoms with Gasteiger partial charge in [0.15, 0.2) is 0 Å². The minimum absolute atomic E-state index is 0.0159. The van der Waals surface area contributed by atoms with Gasteiger partial charge < -0.3 is 4.98 Å². The quantitative estimate of drug-likeness (QED) is 0.926. The van der Waals surface area contributed by atoms with E-state index in [1.54, 1.807) is 0 Å². The predicted octanol–water partition coefficient (Wildman–Crippen LogP) is 3.08. The van der Waals surface area contributed by atoms with Crippen LogP contribution in [0.15, 0.2) is 29.1 Å². The molecule has 2 aromatic rings. The monoisotopic (exact) mass is 297 g/mol. The molecule has 2 fully saturated rings. The van der Waals surface area contributed by atoms with E-state index in [2.05, 4.69) is 14.9 Å². The smallest absolute Gasteiger partial charge is 0.258 e. The number of fused-ring (bicyclic) bond motifs is 2. The van der Waals surface area contributed by atoms with Crippen molar-refractivity contribution in [2.75, 3.05) is 6.54 Å². The first-order valence-electron chi connectivity index (χ1n) is 8.53. The van der Waals surface area contributed by atoms with Crippen molar-refractivity contribution >= 4 is 10.9 Å². The molecule has 116 valence electrons. The summed E-state index contributed by atoms with van der Waals surface area (Å²) in [6.07, 6.45) is 8.08. The highest BCUT2D eigenvalue weighted by atomic mass is 16.1. The zero-order valence-corrected chi connectivity index (χ0v) is 12.9. The molecule has 1 aromatic carbocycles. The Morgan fingerprint density at radius 1 is 1.14 bits per heavy atom. The number of H-pyrrole nitrogens is 1. The predicted molar refractivity (Wildman–Crippen MR) is 87.8 cm³/mol. The molecule has 2 atom stereocenters. The number of piperidine rings is 1. The first-order valence-corrected chi connectivity index (χ1v) is 8.53. The van der Waals surface area contributed by atoms with Gasteiger partial charge in [-0.05, 0) is 50.3 Å². The summed E-state index contributed by atoms with van der Waals surface area (Å²) < 4.78 is 0. The zero-order chi connectivity index (χ0) is 14.9. The lowest BCUT2D eigenvalue weighted by Crippen LogP contribution is -2.46. The number of aromatic nitrogens is 2. The zero-order valence-electron chi connectivity index (χ0n) is 12.9. The number of hydrogen-bond donors (Lipinski definition) is 1. The van der Waals surface area contributed by atoms with Gasteiger partial charge in [-0.15, -0.1) is 0 Å². The molecule has 1 aliphatic carbocycles. The van der Waals surface area contributed by atoms with Gasteiger partial charge in [0.2, 0.25) is 0 Å². The maximum absolute atomic E-state index is 12.2. The van der Waals surface area contributed by atoms with E-state index in [9.17, 15) is 4.79 Å². The van der Waals surface area contributed by atoms with E-state index in [1.807, 2.05) is 24.3 Å².